The van der Waals surface area contributed by atoms with Gasteiger partial charge in [0.15, 0.2) is 5.96 Å². The fourth-order valence-electron chi connectivity index (χ4n) is 2.42. The Morgan fingerprint density at radius 2 is 1.96 bits per heavy atom. The van der Waals surface area contributed by atoms with E-state index in [0.717, 1.165) is 35.3 Å². The zero-order valence-electron chi connectivity index (χ0n) is 14.3. The van der Waals surface area contributed by atoms with Gasteiger partial charge in [-0.1, -0.05) is 18.2 Å². The summed E-state index contributed by atoms with van der Waals surface area (Å²) in [6, 6.07) is 10.2. The SMILES string of the molecule is CN=C(NCCSC)NCc1c(C)nn(-c2ccccc2)c1C. The van der Waals surface area contributed by atoms with Gasteiger partial charge in [0.25, 0.3) is 0 Å². The minimum absolute atomic E-state index is 0.712. The largest absolute Gasteiger partial charge is 0.356 e. The first-order chi connectivity index (χ1) is 11.2. The van der Waals surface area contributed by atoms with Crippen molar-refractivity contribution in [3.05, 3.63) is 47.3 Å². The van der Waals surface area contributed by atoms with Gasteiger partial charge in [0.05, 0.1) is 11.4 Å². The van der Waals surface area contributed by atoms with Crippen LogP contribution >= 0.6 is 11.8 Å². The van der Waals surface area contributed by atoms with Crippen LogP contribution in [0.4, 0.5) is 0 Å². The zero-order chi connectivity index (χ0) is 16.7. The molecule has 2 rings (SSSR count). The van der Waals surface area contributed by atoms with Crippen LogP contribution in [-0.4, -0.2) is 41.3 Å². The van der Waals surface area contributed by atoms with E-state index in [1.54, 1.807) is 7.05 Å². The van der Waals surface area contributed by atoms with E-state index in [1.807, 2.05) is 41.6 Å². The highest BCUT2D eigenvalue weighted by Gasteiger charge is 2.12. The number of rotatable bonds is 6. The summed E-state index contributed by atoms with van der Waals surface area (Å²) in [6.07, 6.45) is 2.10. The number of hydrogen-bond acceptors (Lipinski definition) is 3. The average Bonchev–Trinajstić information content (AvgIpc) is 2.86. The van der Waals surface area contributed by atoms with E-state index in [1.165, 1.54) is 5.56 Å². The normalized spacial score (nSPS) is 11.6. The summed E-state index contributed by atoms with van der Waals surface area (Å²) < 4.78 is 2.00. The molecule has 0 aliphatic carbocycles. The number of aromatic nitrogens is 2. The molecular formula is C17H25N5S. The molecule has 0 bridgehead atoms. The first-order valence-electron chi connectivity index (χ1n) is 7.71. The fourth-order valence-corrected chi connectivity index (χ4v) is 2.72. The summed E-state index contributed by atoms with van der Waals surface area (Å²) in [4.78, 5) is 4.26. The van der Waals surface area contributed by atoms with Gasteiger partial charge in [0.1, 0.15) is 0 Å². The van der Waals surface area contributed by atoms with E-state index in [0.29, 0.717) is 6.54 Å². The third kappa shape index (κ3) is 4.51. The van der Waals surface area contributed by atoms with Crippen molar-refractivity contribution in [2.45, 2.75) is 20.4 Å². The number of hydrogen-bond donors (Lipinski definition) is 2. The van der Waals surface area contributed by atoms with Gasteiger partial charge in [0.2, 0.25) is 0 Å². The molecule has 1 heterocycles. The van der Waals surface area contributed by atoms with Gasteiger partial charge in [-0.05, 0) is 32.2 Å². The Labute approximate surface area is 142 Å². The number of aryl methyl sites for hydroxylation is 1. The van der Waals surface area contributed by atoms with Gasteiger partial charge in [0, 0.05) is 37.1 Å². The van der Waals surface area contributed by atoms with E-state index in [9.17, 15) is 0 Å². The van der Waals surface area contributed by atoms with Gasteiger partial charge in [-0.25, -0.2) is 4.68 Å². The van der Waals surface area contributed by atoms with Crippen LogP contribution in [0, 0.1) is 13.8 Å². The summed E-state index contributed by atoms with van der Waals surface area (Å²) in [7, 11) is 1.79. The Morgan fingerprint density at radius 1 is 1.22 bits per heavy atom. The summed E-state index contributed by atoms with van der Waals surface area (Å²) >= 11 is 1.82. The molecule has 0 unspecified atom stereocenters. The number of nitrogens with zero attached hydrogens (tertiary/aromatic N) is 3. The fraction of sp³-hybridized carbons (Fsp3) is 0.412. The lowest BCUT2D eigenvalue weighted by molar-refractivity contribution is 0.817. The van der Waals surface area contributed by atoms with E-state index >= 15 is 0 Å². The summed E-state index contributed by atoms with van der Waals surface area (Å²) in [5, 5.41) is 11.3. The monoisotopic (exact) mass is 331 g/mol. The zero-order valence-corrected chi connectivity index (χ0v) is 15.1. The van der Waals surface area contributed by atoms with E-state index in [-0.39, 0.29) is 0 Å². The molecule has 0 saturated carbocycles. The van der Waals surface area contributed by atoms with Gasteiger partial charge < -0.3 is 10.6 Å². The third-order valence-electron chi connectivity index (χ3n) is 3.70. The molecule has 1 aromatic heterocycles. The molecule has 0 amide bonds. The molecule has 2 N–H and O–H groups in total. The van der Waals surface area contributed by atoms with Crippen molar-refractivity contribution >= 4 is 17.7 Å². The molecule has 23 heavy (non-hydrogen) atoms. The highest BCUT2D eigenvalue weighted by atomic mass is 32.2. The molecule has 5 nitrogen and oxygen atoms in total. The van der Waals surface area contributed by atoms with E-state index in [2.05, 4.69) is 46.0 Å². The van der Waals surface area contributed by atoms with Crippen molar-refractivity contribution in [1.82, 2.24) is 20.4 Å². The second kappa shape index (κ2) is 8.62. The number of para-hydroxylation sites is 1. The number of benzene rings is 1. The van der Waals surface area contributed by atoms with Gasteiger partial charge in [-0.2, -0.15) is 16.9 Å². The lowest BCUT2D eigenvalue weighted by Gasteiger charge is -2.12. The van der Waals surface area contributed by atoms with Gasteiger partial charge in [-0.15, -0.1) is 0 Å². The van der Waals surface area contributed by atoms with Crippen LogP contribution in [0.3, 0.4) is 0 Å². The second-order valence-electron chi connectivity index (χ2n) is 5.24. The maximum atomic E-state index is 4.67. The molecule has 0 aliphatic heterocycles. The standard InChI is InChI=1S/C17H25N5S/c1-13-16(12-20-17(18-3)19-10-11-23-4)14(2)22(21-13)15-8-6-5-7-9-15/h5-9H,10-12H2,1-4H3,(H2,18,19,20). The molecule has 0 radical (unpaired) electrons. The molecule has 124 valence electrons. The second-order valence-corrected chi connectivity index (χ2v) is 6.23. The molecule has 0 saturated heterocycles. The number of thioether (sulfide) groups is 1. The van der Waals surface area contributed by atoms with Crippen LogP contribution in [0.25, 0.3) is 5.69 Å². The molecule has 0 atom stereocenters. The van der Waals surface area contributed by atoms with E-state index in [4.69, 9.17) is 0 Å². The quantitative estimate of drug-likeness (QED) is 0.485. The van der Waals surface area contributed by atoms with Crippen molar-refractivity contribution in [1.29, 1.82) is 0 Å². The minimum atomic E-state index is 0.712. The van der Waals surface area contributed by atoms with Crippen molar-refractivity contribution < 1.29 is 0 Å². The molecule has 2 aromatic rings. The first-order valence-corrected chi connectivity index (χ1v) is 9.10. The maximum absolute atomic E-state index is 4.67. The summed E-state index contributed by atoms with van der Waals surface area (Å²) in [5.74, 6) is 1.88. The predicted molar refractivity (Wildman–Crippen MR) is 99.6 cm³/mol. The Morgan fingerprint density at radius 3 is 2.61 bits per heavy atom. The number of guanidine groups is 1. The smallest absolute Gasteiger partial charge is 0.191 e. The average molecular weight is 331 g/mol. The lowest BCUT2D eigenvalue weighted by atomic mass is 10.2. The van der Waals surface area contributed by atoms with Crippen LogP contribution in [0.15, 0.2) is 35.3 Å². The van der Waals surface area contributed by atoms with E-state index < -0.39 is 0 Å². The lowest BCUT2D eigenvalue weighted by Crippen LogP contribution is -2.38. The number of nitrogens with one attached hydrogen (secondary N) is 2. The van der Waals surface area contributed by atoms with Crippen LogP contribution in [-0.2, 0) is 6.54 Å². The van der Waals surface area contributed by atoms with Crippen LogP contribution in [0.2, 0.25) is 0 Å². The Bertz CT molecular complexity index is 649. The molecule has 0 aliphatic rings. The molecule has 6 heteroatoms. The van der Waals surface area contributed by atoms with Crippen LogP contribution in [0.5, 0.6) is 0 Å². The van der Waals surface area contributed by atoms with Crippen molar-refractivity contribution in [2.24, 2.45) is 4.99 Å². The molecular weight excluding hydrogens is 306 g/mol. The van der Waals surface area contributed by atoms with Crippen molar-refractivity contribution in [2.75, 3.05) is 25.6 Å². The third-order valence-corrected chi connectivity index (χ3v) is 4.31. The molecule has 0 spiro atoms. The van der Waals surface area contributed by atoms with Crippen LogP contribution < -0.4 is 10.6 Å². The number of aliphatic imine (C=N–C) groups is 1. The Kier molecular flexibility index (Phi) is 6.52. The van der Waals surface area contributed by atoms with Gasteiger partial charge >= 0.3 is 0 Å². The summed E-state index contributed by atoms with van der Waals surface area (Å²) in [6.45, 7) is 5.77. The van der Waals surface area contributed by atoms with Crippen molar-refractivity contribution in [3.8, 4) is 5.69 Å². The highest BCUT2D eigenvalue weighted by Crippen LogP contribution is 2.17. The predicted octanol–water partition coefficient (Wildman–Crippen LogP) is 2.52. The highest BCUT2D eigenvalue weighted by molar-refractivity contribution is 7.98. The molecule has 1 aromatic carbocycles. The van der Waals surface area contributed by atoms with Crippen molar-refractivity contribution in [3.63, 3.8) is 0 Å². The van der Waals surface area contributed by atoms with Crippen LogP contribution in [0.1, 0.15) is 17.0 Å². The first kappa shape index (κ1) is 17.4. The maximum Gasteiger partial charge on any atom is 0.191 e. The Hall–Kier alpha value is -1.95. The summed E-state index contributed by atoms with van der Waals surface area (Å²) in [5.41, 5.74) is 4.49. The van der Waals surface area contributed by atoms with Gasteiger partial charge in [-0.3, -0.25) is 4.99 Å². The topological polar surface area (TPSA) is 54.2 Å². The minimum Gasteiger partial charge on any atom is -0.356 e. The molecule has 0 fully saturated rings. The Balaban J connectivity index is 2.08.